The first-order valence-corrected chi connectivity index (χ1v) is 9.25. The fraction of sp³-hybridized carbons (Fsp3) is 0.250. The van der Waals surface area contributed by atoms with Crippen LogP contribution in [0.1, 0.15) is 23.2 Å². The third-order valence-corrected chi connectivity index (χ3v) is 5.18. The lowest BCUT2D eigenvalue weighted by atomic mass is 10.2. The molecule has 1 aliphatic heterocycles. The fourth-order valence-electron chi connectivity index (χ4n) is 2.69. The van der Waals surface area contributed by atoms with E-state index >= 15 is 0 Å². The van der Waals surface area contributed by atoms with Gasteiger partial charge in [0, 0.05) is 24.8 Å². The van der Waals surface area contributed by atoms with Gasteiger partial charge in [-0.3, -0.25) is 4.79 Å². The summed E-state index contributed by atoms with van der Waals surface area (Å²) in [6.07, 6.45) is 3.81. The molecule has 6 nitrogen and oxygen atoms in total. The topological polar surface area (TPSA) is 71.0 Å². The Balaban J connectivity index is 1.57. The molecule has 1 saturated heterocycles. The lowest BCUT2D eigenvalue weighted by Crippen LogP contribution is -2.27. The lowest BCUT2D eigenvalue weighted by Gasteiger charge is -2.15. The number of carbonyl (C=O) groups excluding carboxylic acids is 1. The maximum absolute atomic E-state index is 12.5. The van der Waals surface area contributed by atoms with Crippen molar-refractivity contribution in [1.29, 1.82) is 0 Å². The summed E-state index contributed by atoms with van der Waals surface area (Å²) in [6, 6.07) is 7.30. The standard InChI is InChI=1S/C16H14BrN5OS/c17-12-4-3-11-14(20-12)24-16(19-11)21-13-9-10(5-6-18-13)15(23)22-7-1-2-8-22/h3-6,9H,1-2,7-8H2,(H,18,19,21). The molecule has 0 aliphatic carbocycles. The summed E-state index contributed by atoms with van der Waals surface area (Å²) in [6.45, 7) is 1.67. The third kappa shape index (κ3) is 3.11. The Hall–Kier alpha value is -2.06. The van der Waals surface area contributed by atoms with Crippen LogP contribution in [0, 0.1) is 0 Å². The second kappa shape index (κ2) is 6.45. The summed E-state index contributed by atoms with van der Waals surface area (Å²) in [5.74, 6) is 0.672. The minimum atomic E-state index is 0.0628. The molecule has 1 N–H and O–H groups in total. The molecular formula is C16H14BrN5OS. The maximum atomic E-state index is 12.5. The normalized spacial score (nSPS) is 14.3. The zero-order valence-corrected chi connectivity index (χ0v) is 15.1. The Bertz CT molecular complexity index is 906. The van der Waals surface area contributed by atoms with Gasteiger partial charge in [0.15, 0.2) is 5.13 Å². The first kappa shape index (κ1) is 15.5. The second-order valence-corrected chi connectivity index (χ2v) is 7.32. The van der Waals surface area contributed by atoms with Gasteiger partial charge in [0.1, 0.15) is 20.8 Å². The van der Waals surface area contributed by atoms with Gasteiger partial charge in [0.25, 0.3) is 5.91 Å². The van der Waals surface area contributed by atoms with Gasteiger partial charge in [-0.2, -0.15) is 0 Å². The van der Waals surface area contributed by atoms with E-state index < -0.39 is 0 Å². The molecule has 1 amide bonds. The number of likely N-dealkylation sites (tertiary alicyclic amines) is 1. The number of hydrogen-bond donors (Lipinski definition) is 1. The molecule has 0 unspecified atom stereocenters. The van der Waals surface area contributed by atoms with Crippen molar-refractivity contribution in [2.75, 3.05) is 18.4 Å². The van der Waals surface area contributed by atoms with E-state index in [1.807, 2.05) is 17.0 Å². The van der Waals surface area contributed by atoms with Gasteiger partial charge in [-0.15, -0.1) is 0 Å². The van der Waals surface area contributed by atoms with Crippen LogP contribution >= 0.6 is 27.3 Å². The van der Waals surface area contributed by atoms with E-state index in [1.54, 1.807) is 18.3 Å². The van der Waals surface area contributed by atoms with Crippen molar-refractivity contribution in [2.24, 2.45) is 0 Å². The summed E-state index contributed by atoms with van der Waals surface area (Å²) >= 11 is 4.81. The number of nitrogens with one attached hydrogen (secondary N) is 1. The van der Waals surface area contributed by atoms with Crippen molar-refractivity contribution in [3.8, 4) is 0 Å². The molecule has 1 fully saturated rings. The van der Waals surface area contributed by atoms with Crippen molar-refractivity contribution in [1.82, 2.24) is 19.9 Å². The molecule has 122 valence electrons. The van der Waals surface area contributed by atoms with Gasteiger partial charge in [-0.1, -0.05) is 11.3 Å². The molecule has 4 heterocycles. The van der Waals surface area contributed by atoms with E-state index in [1.165, 1.54) is 11.3 Å². The summed E-state index contributed by atoms with van der Waals surface area (Å²) in [5, 5.41) is 3.87. The van der Waals surface area contributed by atoms with Gasteiger partial charge in [-0.05, 0) is 53.0 Å². The number of anilines is 2. The quantitative estimate of drug-likeness (QED) is 0.672. The predicted molar refractivity (Wildman–Crippen MR) is 97.8 cm³/mol. The van der Waals surface area contributed by atoms with Crippen LogP contribution in [0.2, 0.25) is 0 Å². The first-order valence-electron chi connectivity index (χ1n) is 7.64. The fourth-order valence-corrected chi connectivity index (χ4v) is 3.96. The minimum absolute atomic E-state index is 0.0628. The highest BCUT2D eigenvalue weighted by Crippen LogP contribution is 2.28. The molecule has 1 aliphatic rings. The van der Waals surface area contributed by atoms with E-state index in [0.717, 1.165) is 40.9 Å². The number of fused-ring (bicyclic) bond motifs is 1. The number of aromatic nitrogens is 3. The lowest BCUT2D eigenvalue weighted by molar-refractivity contribution is 0.0793. The smallest absolute Gasteiger partial charge is 0.254 e. The zero-order valence-electron chi connectivity index (χ0n) is 12.7. The third-order valence-electron chi connectivity index (χ3n) is 3.86. The predicted octanol–water partition coefficient (Wildman–Crippen LogP) is 3.83. The Morgan fingerprint density at radius 2 is 2.04 bits per heavy atom. The number of carbonyl (C=O) groups is 1. The van der Waals surface area contributed by atoms with Gasteiger partial charge in [0.05, 0.1) is 0 Å². The van der Waals surface area contributed by atoms with E-state index in [2.05, 4.69) is 36.2 Å². The van der Waals surface area contributed by atoms with Gasteiger partial charge in [0.2, 0.25) is 0 Å². The van der Waals surface area contributed by atoms with Crippen molar-refractivity contribution in [3.05, 3.63) is 40.6 Å². The molecule has 3 aromatic rings. The molecule has 8 heteroatoms. The van der Waals surface area contributed by atoms with Gasteiger partial charge in [-0.25, -0.2) is 15.0 Å². The van der Waals surface area contributed by atoms with Crippen LogP contribution in [-0.2, 0) is 0 Å². The maximum Gasteiger partial charge on any atom is 0.254 e. The van der Waals surface area contributed by atoms with Crippen LogP contribution in [0.3, 0.4) is 0 Å². The number of pyridine rings is 2. The van der Waals surface area contributed by atoms with E-state index in [-0.39, 0.29) is 5.91 Å². The molecule has 0 aromatic carbocycles. The van der Waals surface area contributed by atoms with Gasteiger partial charge >= 0.3 is 0 Å². The molecule has 3 aromatic heterocycles. The van der Waals surface area contributed by atoms with Crippen LogP contribution < -0.4 is 5.32 Å². The van der Waals surface area contributed by atoms with Gasteiger partial charge < -0.3 is 10.2 Å². The molecular weight excluding hydrogens is 390 g/mol. The number of nitrogens with zero attached hydrogens (tertiary/aromatic N) is 4. The van der Waals surface area contributed by atoms with Crippen LogP contribution in [0.25, 0.3) is 10.3 Å². The van der Waals surface area contributed by atoms with Crippen molar-refractivity contribution in [2.45, 2.75) is 12.8 Å². The summed E-state index contributed by atoms with van der Waals surface area (Å²) < 4.78 is 0.779. The summed E-state index contributed by atoms with van der Waals surface area (Å²) in [7, 11) is 0. The second-order valence-electron chi connectivity index (χ2n) is 5.53. The molecule has 0 saturated carbocycles. The summed E-state index contributed by atoms with van der Waals surface area (Å²) in [4.78, 5) is 28.4. The number of rotatable bonds is 3. The summed E-state index contributed by atoms with van der Waals surface area (Å²) in [5.41, 5.74) is 1.48. The number of amides is 1. The minimum Gasteiger partial charge on any atom is -0.339 e. The SMILES string of the molecule is O=C(c1ccnc(Nc2nc3ccc(Br)nc3s2)c1)N1CCCC1. The molecule has 0 spiro atoms. The van der Waals surface area contributed by atoms with Crippen LogP contribution in [-0.4, -0.2) is 38.8 Å². The highest BCUT2D eigenvalue weighted by atomic mass is 79.9. The highest BCUT2D eigenvalue weighted by molar-refractivity contribution is 9.10. The van der Waals surface area contributed by atoms with Crippen LogP contribution in [0.4, 0.5) is 10.9 Å². The molecule has 24 heavy (non-hydrogen) atoms. The van der Waals surface area contributed by atoms with Crippen LogP contribution in [0.15, 0.2) is 35.1 Å². The van der Waals surface area contributed by atoms with E-state index in [0.29, 0.717) is 16.5 Å². The largest absolute Gasteiger partial charge is 0.339 e. The number of thiazole rings is 1. The highest BCUT2D eigenvalue weighted by Gasteiger charge is 2.19. The Kier molecular flexibility index (Phi) is 4.15. The zero-order chi connectivity index (χ0) is 16.5. The molecule has 0 radical (unpaired) electrons. The Labute approximate surface area is 151 Å². The van der Waals surface area contributed by atoms with Crippen LogP contribution in [0.5, 0.6) is 0 Å². The molecule has 0 atom stereocenters. The number of hydrogen-bond acceptors (Lipinski definition) is 6. The van der Waals surface area contributed by atoms with E-state index in [4.69, 9.17) is 0 Å². The average Bonchev–Trinajstić information content (AvgIpc) is 3.23. The van der Waals surface area contributed by atoms with Crippen molar-refractivity contribution >= 4 is 54.5 Å². The van der Waals surface area contributed by atoms with Crippen molar-refractivity contribution < 1.29 is 4.79 Å². The Morgan fingerprint density at radius 1 is 1.21 bits per heavy atom. The first-order chi connectivity index (χ1) is 11.7. The van der Waals surface area contributed by atoms with E-state index in [9.17, 15) is 4.79 Å². The number of halogens is 1. The monoisotopic (exact) mass is 403 g/mol. The molecule has 4 rings (SSSR count). The van der Waals surface area contributed by atoms with Crippen molar-refractivity contribution in [3.63, 3.8) is 0 Å². The Morgan fingerprint density at radius 3 is 2.88 bits per heavy atom. The molecule has 0 bridgehead atoms. The average molecular weight is 404 g/mol.